The van der Waals surface area contributed by atoms with E-state index in [0.717, 1.165) is 11.8 Å². The molecule has 0 aliphatic carbocycles. The number of hydrogen-bond donors (Lipinski definition) is 0. The van der Waals surface area contributed by atoms with Gasteiger partial charge in [0.25, 0.3) is 5.91 Å². The Hall–Kier alpha value is -2.60. The van der Waals surface area contributed by atoms with E-state index < -0.39 is 10.0 Å². The van der Waals surface area contributed by atoms with E-state index in [1.54, 1.807) is 36.2 Å². The number of benzene rings is 2. The summed E-state index contributed by atoms with van der Waals surface area (Å²) in [6.07, 6.45) is 2.67. The molecule has 6 heteroatoms. The third kappa shape index (κ3) is 4.95. The third-order valence-corrected chi connectivity index (χ3v) is 5.15. The standard InChI is InChI=1S/C20H24N2O3S/c1-5-14-22(26(4,24)25)19-12-10-18(11-13-19)20(23)21(3)15-17-8-6-16(2)7-9-17/h5-13H,1,14-15H2,2-4H3. The van der Waals surface area contributed by atoms with Crippen molar-refractivity contribution >= 4 is 21.6 Å². The lowest BCUT2D eigenvalue weighted by Crippen LogP contribution is -2.30. The van der Waals surface area contributed by atoms with Gasteiger partial charge in [-0.2, -0.15) is 0 Å². The first kappa shape index (κ1) is 19.7. The van der Waals surface area contributed by atoms with Crippen LogP contribution in [-0.2, 0) is 16.6 Å². The van der Waals surface area contributed by atoms with Gasteiger partial charge >= 0.3 is 0 Å². The highest BCUT2D eigenvalue weighted by Gasteiger charge is 2.17. The second kappa shape index (κ2) is 8.19. The van der Waals surface area contributed by atoms with Crippen molar-refractivity contribution in [1.29, 1.82) is 0 Å². The summed E-state index contributed by atoms with van der Waals surface area (Å²) in [7, 11) is -1.66. The number of amides is 1. The van der Waals surface area contributed by atoms with E-state index in [1.165, 1.54) is 15.9 Å². The number of anilines is 1. The van der Waals surface area contributed by atoms with Gasteiger partial charge in [-0.05, 0) is 36.8 Å². The average molecular weight is 372 g/mol. The number of rotatable bonds is 7. The predicted octanol–water partition coefficient (Wildman–Crippen LogP) is 3.22. The Kier molecular flexibility index (Phi) is 6.21. The summed E-state index contributed by atoms with van der Waals surface area (Å²) in [4.78, 5) is 14.2. The summed E-state index contributed by atoms with van der Waals surface area (Å²) in [6, 6.07) is 14.6. The number of aryl methyl sites for hydroxylation is 1. The minimum Gasteiger partial charge on any atom is -0.337 e. The second-order valence-corrected chi connectivity index (χ2v) is 8.18. The van der Waals surface area contributed by atoms with Crippen LogP contribution in [0.15, 0.2) is 61.2 Å². The maximum Gasteiger partial charge on any atom is 0.253 e. The molecule has 0 unspecified atom stereocenters. The van der Waals surface area contributed by atoms with Crippen molar-refractivity contribution in [1.82, 2.24) is 4.90 Å². The van der Waals surface area contributed by atoms with Gasteiger partial charge in [0, 0.05) is 19.2 Å². The van der Waals surface area contributed by atoms with E-state index in [0.29, 0.717) is 17.8 Å². The van der Waals surface area contributed by atoms with E-state index in [1.807, 2.05) is 31.2 Å². The molecule has 0 aliphatic rings. The molecular weight excluding hydrogens is 348 g/mol. The number of carbonyl (C=O) groups excluding carboxylic acids is 1. The molecule has 2 aromatic rings. The van der Waals surface area contributed by atoms with Crippen molar-refractivity contribution in [2.75, 3.05) is 24.2 Å². The maximum atomic E-state index is 12.6. The van der Waals surface area contributed by atoms with Gasteiger partial charge in [0.05, 0.1) is 18.5 Å². The van der Waals surface area contributed by atoms with Gasteiger partial charge in [0.15, 0.2) is 0 Å². The molecule has 0 bridgehead atoms. The zero-order chi connectivity index (χ0) is 19.3. The molecule has 5 nitrogen and oxygen atoms in total. The Morgan fingerprint density at radius 3 is 2.15 bits per heavy atom. The van der Waals surface area contributed by atoms with Crippen molar-refractivity contribution in [3.05, 3.63) is 77.9 Å². The normalized spacial score (nSPS) is 11.0. The molecule has 138 valence electrons. The lowest BCUT2D eigenvalue weighted by Gasteiger charge is -2.21. The molecular formula is C20H24N2O3S. The number of hydrogen-bond acceptors (Lipinski definition) is 3. The van der Waals surface area contributed by atoms with Gasteiger partial charge in [-0.25, -0.2) is 8.42 Å². The molecule has 0 fully saturated rings. The zero-order valence-corrected chi connectivity index (χ0v) is 16.2. The Bertz CT molecular complexity index is 872. The van der Waals surface area contributed by atoms with Crippen LogP contribution in [0.2, 0.25) is 0 Å². The van der Waals surface area contributed by atoms with Crippen molar-refractivity contribution in [2.24, 2.45) is 0 Å². The summed E-state index contributed by atoms with van der Waals surface area (Å²) in [5, 5.41) is 0. The molecule has 0 radical (unpaired) electrons. The highest BCUT2D eigenvalue weighted by atomic mass is 32.2. The molecule has 26 heavy (non-hydrogen) atoms. The van der Waals surface area contributed by atoms with Gasteiger partial charge in [0.2, 0.25) is 10.0 Å². The fourth-order valence-corrected chi connectivity index (χ4v) is 3.46. The van der Waals surface area contributed by atoms with Crippen LogP contribution in [0.1, 0.15) is 21.5 Å². The van der Waals surface area contributed by atoms with Gasteiger partial charge in [0.1, 0.15) is 0 Å². The zero-order valence-electron chi connectivity index (χ0n) is 15.3. The summed E-state index contributed by atoms with van der Waals surface area (Å²) < 4.78 is 25.0. The fraction of sp³-hybridized carbons (Fsp3) is 0.250. The Morgan fingerprint density at radius 2 is 1.65 bits per heavy atom. The van der Waals surface area contributed by atoms with Crippen LogP contribution in [0.3, 0.4) is 0 Å². The Balaban J connectivity index is 2.14. The highest BCUT2D eigenvalue weighted by molar-refractivity contribution is 7.92. The lowest BCUT2D eigenvalue weighted by atomic mass is 10.1. The van der Waals surface area contributed by atoms with Crippen LogP contribution < -0.4 is 4.31 Å². The number of nitrogens with zero attached hydrogens (tertiary/aromatic N) is 2. The van der Waals surface area contributed by atoms with Crippen molar-refractivity contribution in [3.8, 4) is 0 Å². The van der Waals surface area contributed by atoms with E-state index in [9.17, 15) is 13.2 Å². The molecule has 2 rings (SSSR count). The van der Waals surface area contributed by atoms with Gasteiger partial charge in [-0.15, -0.1) is 6.58 Å². The minimum absolute atomic E-state index is 0.119. The van der Waals surface area contributed by atoms with Gasteiger partial charge < -0.3 is 4.90 Å². The highest BCUT2D eigenvalue weighted by Crippen LogP contribution is 2.19. The third-order valence-electron chi connectivity index (χ3n) is 3.98. The largest absolute Gasteiger partial charge is 0.337 e. The van der Waals surface area contributed by atoms with Crippen LogP contribution in [0.25, 0.3) is 0 Å². The summed E-state index contributed by atoms with van der Waals surface area (Å²) in [5.41, 5.74) is 3.24. The van der Waals surface area contributed by atoms with E-state index >= 15 is 0 Å². The average Bonchev–Trinajstić information content (AvgIpc) is 2.60. The molecule has 0 N–H and O–H groups in total. The smallest absolute Gasteiger partial charge is 0.253 e. The number of sulfonamides is 1. The molecule has 0 aliphatic heterocycles. The quantitative estimate of drug-likeness (QED) is 0.701. The first-order chi connectivity index (χ1) is 12.2. The lowest BCUT2D eigenvalue weighted by molar-refractivity contribution is 0.0785. The Morgan fingerprint density at radius 1 is 1.08 bits per heavy atom. The molecule has 0 spiro atoms. The van der Waals surface area contributed by atoms with E-state index in [-0.39, 0.29) is 12.5 Å². The maximum absolute atomic E-state index is 12.6. The van der Waals surface area contributed by atoms with Crippen LogP contribution in [-0.4, -0.2) is 39.1 Å². The van der Waals surface area contributed by atoms with Crippen molar-refractivity contribution in [2.45, 2.75) is 13.5 Å². The molecule has 0 saturated carbocycles. The minimum atomic E-state index is -3.41. The first-order valence-corrected chi connectivity index (χ1v) is 10.1. The van der Waals surface area contributed by atoms with Crippen LogP contribution >= 0.6 is 0 Å². The van der Waals surface area contributed by atoms with E-state index in [2.05, 4.69) is 6.58 Å². The molecule has 2 aromatic carbocycles. The monoisotopic (exact) mass is 372 g/mol. The molecule has 0 saturated heterocycles. The summed E-state index contributed by atoms with van der Waals surface area (Å²) >= 11 is 0. The Labute approximate surface area is 155 Å². The fourth-order valence-electron chi connectivity index (χ4n) is 2.58. The second-order valence-electron chi connectivity index (χ2n) is 6.28. The van der Waals surface area contributed by atoms with Gasteiger partial charge in [-0.1, -0.05) is 35.9 Å². The van der Waals surface area contributed by atoms with E-state index in [4.69, 9.17) is 0 Å². The SMILES string of the molecule is C=CCN(c1ccc(C(=O)N(C)Cc2ccc(C)cc2)cc1)S(C)(=O)=O. The predicted molar refractivity (Wildman–Crippen MR) is 106 cm³/mol. The van der Waals surface area contributed by atoms with Gasteiger partial charge in [-0.3, -0.25) is 9.10 Å². The molecule has 0 atom stereocenters. The summed E-state index contributed by atoms with van der Waals surface area (Å²) in [6.45, 7) is 6.29. The molecule has 1 amide bonds. The van der Waals surface area contributed by atoms with Crippen LogP contribution in [0.5, 0.6) is 0 Å². The van der Waals surface area contributed by atoms with Crippen molar-refractivity contribution < 1.29 is 13.2 Å². The number of carbonyl (C=O) groups is 1. The summed E-state index contributed by atoms with van der Waals surface area (Å²) in [5.74, 6) is -0.119. The van der Waals surface area contributed by atoms with Crippen LogP contribution in [0.4, 0.5) is 5.69 Å². The molecule has 0 aromatic heterocycles. The first-order valence-electron chi connectivity index (χ1n) is 8.22. The molecule has 0 heterocycles. The van der Waals surface area contributed by atoms with Crippen LogP contribution in [0, 0.1) is 6.92 Å². The topological polar surface area (TPSA) is 57.7 Å². The van der Waals surface area contributed by atoms with Crippen molar-refractivity contribution in [3.63, 3.8) is 0 Å².